The highest BCUT2D eigenvalue weighted by Crippen LogP contribution is 2.40. The number of carbonyl (C=O) groups excluding carboxylic acids is 1. The number of nitrogens with zero attached hydrogens (tertiary/aromatic N) is 1. The lowest BCUT2D eigenvalue weighted by atomic mass is 10.1. The predicted octanol–water partition coefficient (Wildman–Crippen LogP) is 3.17. The van der Waals surface area contributed by atoms with Gasteiger partial charge < -0.3 is 10.1 Å². The second-order valence-corrected chi connectivity index (χ2v) is 5.43. The van der Waals surface area contributed by atoms with E-state index in [-0.39, 0.29) is 13.0 Å². The van der Waals surface area contributed by atoms with Gasteiger partial charge in [0.05, 0.1) is 7.11 Å². The maximum absolute atomic E-state index is 12.7. The quantitative estimate of drug-likeness (QED) is 0.877. The van der Waals surface area contributed by atoms with Crippen LogP contribution in [0, 0.1) is 5.92 Å². The molecule has 0 saturated heterocycles. The van der Waals surface area contributed by atoms with E-state index >= 15 is 0 Å². The molecule has 2 rings (SSSR count). The van der Waals surface area contributed by atoms with Crippen molar-refractivity contribution in [3.05, 3.63) is 23.4 Å². The van der Waals surface area contributed by atoms with Gasteiger partial charge in [0.15, 0.2) is 0 Å². The predicted molar refractivity (Wildman–Crippen MR) is 74.4 cm³/mol. The van der Waals surface area contributed by atoms with Crippen LogP contribution < -0.4 is 10.1 Å². The van der Waals surface area contributed by atoms with Gasteiger partial charge in [-0.05, 0) is 36.8 Å². The molecule has 1 aromatic rings. The molecule has 1 aliphatic rings. The van der Waals surface area contributed by atoms with E-state index < -0.39 is 18.0 Å². The molecule has 1 atom stereocenters. The van der Waals surface area contributed by atoms with E-state index in [0.29, 0.717) is 17.4 Å². The number of ether oxygens (including phenoxy) is 1. The molecule has 7 heteroatoms. The van der Waals surface area contributed by atoms with E-state index in [2.05, 4.69) is 10.3 Å². The number of halogens is 3. The monoisotopic (exact) mass is 316 g/mol. The van der Waals surface area contributed by atoms with Crippen molar-refractivity contribution in [2.24, 2.45) is 5.92 Å². The number of hydrogen-bond donors (Lipinski definition) is 1. The molecule has 1 amide bonds. The van der Waals surface area contributed by atoms with Gasteiger partial charge in [-0.3, -0.25) is 4.79 Å². The summed E-state index contributed by atoms with van der Waals surface area (Å²) >= 11 is 0. The molecule has 1 heterocycles. The van der Waals surface area contributed by atoms with Crippen molar-refractivity contribution < 1.29 is 22.7 Å². The first-order valence-corrected chi connectivity index (χ1v) is 7.24. The molecule has 4 nitrogen and oxygen atoms in total. The number of pyridine rings is 1. The fourth-order valence-electron chi connectivity index (χ4n) is 2.34. The van der Waals surface area contributed by atoms with Gasteiger partial charge >= 0.3 is 6.18 Å². The Kier molecular flexibility index (Phi) is 4.93. The van der Waals surface area contributed by atoms with Gasteiger partial charge in [0.25, 0.3) is 0 Å². The second-order valence-electron chi connectivity index (χ2n) is 5.43. The number of aromatic nitrogens is 1. The largest absolute Gasteiger partial charge is 0.481 e. The van der Waals surface area contributed by atoms with Gasteiger partial charge in [0.2, 0.25) is 11.8 Å². The average Bonchev–Trinajstić information content (AvgIpc) is 3.28. The number of rotatable bonds is 6. The summed E-state index contributed by atoms with van der Waals surface area (Å²) in [5.41, 5.74) is 1.63. The Morgan fingerprint density at radius 2 is 2.18 bits per heavy atom. The minimum Gasteiger partial charge on any atom is -0.481 e. The summed E-state index contributed by atoms with van der Waals surface area (Å²) < 4.78 is 43.3. The highest BCUT2D eigenvalue weighted by molar-refractivity contribution is 5.79. The number of nitrogens with one attached hydrogen (secondary N) is 1. The standard InChI is InChI=1S/C15H19F3N2O2/c1-3-12(15(16,17)18)13(21)19-8-11-6-10(9-4-5-9)7-20-14(11)22-2/h6-7,9,12H,3-5,8H2,1-2H3,(H,19,21). The molecule has 1 aromatic heterocycles. The topological polar surface area (TPSA) is 51.2 Å². The summed E-state index contributed by atoms with van der Waals surface area (Å²) in [6, 6.07) is 1.85. The summed E-state index contributed by atoms with van der Waals surface area (Å²) in [4.78, 5) is 15.9. The van der Waals surface area contributed by atoms with Crippen molar-refractivity contribution in [3.63, 3.8) is 0 Å². The molecule has 1 unspecified atom stereocenters. The number of carbonyl (C=O) groups is 1. The van der Waals surface area contributed by atoms with Crippen LogP contribution in [0.4, 0.5) is 13.2 Å². The van der Waals surface area contributed by atoms with Crippen molar-refractivity contribution in [3.8, 4) is 5.88 Å². The van der Waals surface area contributed by atoms with Crippen molar-refractivity contribution in [1.82, 2.24) is 10.3 Å². The van der Waals surface area contributed by atoms with Crippen LogP contribution in [0.15, 0.2) is 12.3 Å². The molecule has 1 fully saturated rings. The zero-order valence-corrected chi connectivity index (χ0v) is 12.5. The molecule has 1 saturated carbocycles. The summed E-state index contributed by atoms with van der Waals surface area (Å²) in [6.07, 6.45) is -0.923. The minimum absolute atomic E-state index is 0.0256. The fraction of sp³-hybridized carbons (Fsp3) is 0.600. The van der Waals surface area contributed by atoms with Crippen LogP contribution in [0.1, 0.15) is 43.2 Å². The summed E-state index contributed by atoms with van der Waals surface area (Å²) in [5.74, 6) is -2.22. The molecule has 1 N–H and O–H groups in total. The first-order chi connectivity index (χ1) is 10.4. The first-order valence-electron chi connectivity index (χ1n) is 7.24. The third-order valence-corrected chi connectivity index (χ3v) is 3.76. The van der Waals surface area contributed by atoms with Crippen LogP contribution >= 0.6 is 0 Å². The Balaban J connectivity index is 2.06. The third-order valence-electron chi connectivity index (χ3n) is 3.76. The molecule has 1 aliphatic carbocycles. The van der Waals surface area contributed by atoms with Gasteiger partial charge in [-0.1, -0.05) is 6.92 Å². The van der Waals surface area contributed by atoms with E-state index in [1.165, 1.54) is 14.0 Å². The molecular weight excluding hydrogens is 297 g/mol. The lowest BCUT2D eigenvalue weighted by molar-refractivity contribution is -0.183. The Hall–Kier alpha value is -1.79. The van der Waals surface area contributed by atoms with Crippen LogP contribution in [-0.4, -0.2) is 24.2 Å². The molecule has 0 aromatic carbocycles. The number of alkyl halides is 3. The van der Waals surface area contributed by atoms with Crippen LogP contribution in [0.2, 0.25) is 0 Å². The maximum Gasteiger partial charge on any atom is 0.400 e. The zero-order chi connectivity index (χ0) is 16.3. The summed E-state index contributed by atoms with van der Waals surface area (Å²) in [6.45, 7) is 1.32. The number of methoxy groups -OCH3 is 1. The highest BCUT2D eigenvalue weighted by atomic mass is 19.4. The summed E-state index contributed by atoms with van der Waals surface area (Å²) in [5, 5.41) is 2.34. The highest BCUT2D eigenvalue weighted by Gasteiger charge is 2.43. The van der Waals surface area contributed by atoms with Crippen molar-refractivity contribution >= 4 is 5.91 Å². The third kappa shape index (κ3) is 3.90. The summed E-state index contributed by atoms with van der Waals surface area (Å²) in [7, 11) is 1.44. The Morgan fingerprint density at radius 1 is 1.50 bits per heavy atom. The molecule has 22 heavy (non-hydrogen) atoms. The van der Waals surface area contributed by atoms with Gasteiger partial charge in [-0.15, -0.1) is 0 Å². The van der Waals surface area contributed by atoms with E-state index in [9.17, 15) is 18.0 Å². The second kappa shape index (κ2) is 6.54. The van der Waals surface area contributed by atoms with E-state index in [1.54, 1.807) is 6.20 Å². The number of hydrogen-bond acceptors (Lipinski definition) is 3. The fourth-order valence-corrected chi connectivity index (χ4v) is 2.34. The van der Waals surface area contributed by atoms with Crippen LogP contribution in [0.5, 0.6) is 5.88 Å². The lowest BCUT2D eigenvalue weighted by Gasteiger charge is -2.18. The van der Waals surface area contributed by atoms with Crippen molar-refractivity contribution in [2.45, 2.75) is 44.8 Å². The van der Waals surface area contributed by atoms with Gasteiger partial charge in [0, 0.05) is 18.3 Å². The Bertz CT molecular complexity index is 542. The SMILES string of the molecule is CCC(C(=O)NCc1cc(C2CC2)cnc1OC)C(F)(F)F. The lowest BCUT2D eigenvalue weighted by Crippen LogP contribution is -2.38. The van der Waals surface area contributed by atoms with Gasteiger partial charge in [-0.2, -0.15) is 13.2 Å². The van der Waals surface area contributed by atoms with E-state index in [1.807, 2.05) is 6.07 Å². The average molecular weight is 316 g/mol. The van der Waals surface area contributed by atoms with Crippen LogP contribution in [0.25, 0.3) is 0 Å². The Labute approximate surface area is 127 Å². The van der Waals surface area contributed by atoms with Crippen LogP contribution in [-0.2, 0) is 11.3 Å². The number of amides is 1. The minimum atomic E-state index is -4.53. The maximum atomic E-state index is 12.7. The van der Waals surface area contributed by atoms with Crippen molar-refractivity contribution in [1.29, 1.82) is 0 Å². The smallest absolute Gasteiger partial charge is 0.400 e. The Morgan fingerprint density at radius 3 is 2.68 bits per heavy atom. The normalized spacial score (nSPS) is 16.2. The molecule has 0 bridgehead atoms. The van der Waals surface area contributed by atoms with Gasteiger partial charge in [-0.25, -0.2) is 4.98 Å². The van der Waals surface area contributed by atoms with E-state index in [4.69, 9.17) is 4.74 Å². The molecular formula is C15H19F3N2O2. The zero-order valence-electron chi connectivity index (χ0n) is 12.5. The van der Waals surface area contributed by atoms with Crippen LogP contribution in [0.3, 0.4) is 0 Å². The first kappa shape index (κ1) is 16.6. The van der Waals surface area contributed by atoms with Gasteiger partial charge in [0.1, 0.15) is 5.92 Å². The van der Waals surface area contributed by atoms with Crippen molar-refractivity contribution in [2.75, 3.05) is 7.11 Å². The molecule has 0 spiro atoms. The molecule has 0 radical (unpaired) electrons. The molecule has 122 valence electrons. The van der Waals surface area contributed by atoms with E-state index in [0.717, 1.165) is 18.4 Å². The molecule has 0 aliphatic heterocycles.